The van der Waals surface area contributed by atoms with E-state index in [4.69, 9.17) is 9.26 Å². The van der Waals surface area contributed by atoms with Crippen molar-refractivity contribution >= 4 is 0 Å². The largest absolute Gasteiger partial charge is 0.381 e. The van der Waals surface area contributed by atoms with Crippen LogP contribution in [0.4, 0.5) is 0 Å². The van der Waals surface area contributed by atoms with E-state index in [0.717, 1.165) is 44.8 Å². The minimum absolute atomic E-state index is 0.180. The quantitative estimate of drug-likeness (QED) is 0.910. The fourth-order valence-electron chi connectivity index (χ4n) is 2.90. The summed E-state index contributed by atoms with van der Waals surface area (Å²) in [6, 6.07) is 10.5. The standard InChI is InChI=1S/C16H21N3O2/c1-17-10-7-14-18-15(19-21-14)16(8-11-20-12-9-16)13-5-3-2-4-6-13/h2-6,17H,7-12H2,1H3. The molecule has 1 fully saturated rings. The summed E-state index contributed by atoms with van der Waals surface area (Å²) < 4.78 is 11.0. The van der Waals surface area contributed by atoms with Crippen LogP contribution in [0.5, 0.6) is 0 Å². The summed E-state index contributed by atoms with van der Waals surface area (Å²) in [7, 11) is 1.92. The number of aromatic nitrogens is 2. The van der Waals surface area contributed by atoms with Crippen molar-refractivity contribution in [3.8, 4) is 0 Å². The lowest BCUT2D eigenvalue weighted by Gasteiger charge is -2.34. The van der Waals surface area contributed by atoms with Crippen LogP contribution in [0.2, 0.25) is 0 Å². The summed E-state index contributed by atoms with van der Waals surface area (Å²) in [4.78, 5) is 4.65. The van der Waals surface area contributed by atoms with Crippen LogP contribution in [0.1, 0.15) is 30.1 Å². The Labute approximate surface area is 124 Å². The van der Waals surface area contributed by atoms with Gasteiger partial charge in [0.15, 0.2) is 5.82 Å². The average Bonchev–Trinajstić information content (AvgIpc) is 3.04. The number of ether oxygens (including phenoxy) is 1. The molecule has 2 aromatic rings. The van der Waals surface area contributed by atoms with Gasteiger partial charge in [0.25, 0.3) is 0 Å². The van der Waals surface area contributed by atoms with Crippen LogP contribution in [0.15, 0.2) is 34.9 Å². The molecule has 0 atom stereocenters. The molecule has 0 saturated carbocycles. The van der Waals surface area contributed by atoms with Crippen molar-refractivity contribution in [2.45, 2.75) is 24.7 Å². The molecule has 0 bridgehead atoms. The van der Waals surface area contributed by atoms with Crippen LogP contribution in [0, 0.1) is 0 Å². The van der Waals surface area contributed by atoms with Gasteiger partial charge in [0.1, 0.15) is 0 Å². The molecule has 1 aliphatic rings. The van der Waals surface area contributed by atoms with E-state index in [0.29, 0.717) is 5.89 Å². The van der Waals surface area contributed by atoms with Gasteiger partial charge in [0, 0.05) is 26.2 Å². The van der Waals surface area contributed by atoms with Gasteiger partial charge in [-0.05, 0) is 25.5 Å². The van der Waals surface area contributed by atoms with E-state index >= 15 is 0 Å². The first kappa shape index (κ1) is 14.2. The normalized spacial score (nSPS) is 17.8. The van der Waals surface area contributed by atoms with Crippen LogP contribution in [0.3, 0.4) is 0 Å². The number of nitrogens with one attached hydrogen (secondary N) is 1. The lowest BCUT2D eigenvalue weighted by molar-refractivity contribution is 0.0597. The van der Waals surface area contributed by atoms with Crippen molar-refractivity contribution in [2.75, 3.05) is 26.8 Å². The lowest BCUT2D eigenvalue weighted by atomic mass is 9.73. The smallest absolute Gasteiger partial charge is 0.227 e. The summed E-state index contributed by atoms with van der Waals surface area (Å²) >= 11 is 0. The maximum absolute atomic E-state index is 5.54. The average molecular weight is 287 g/mol. The first-order chi connectivity index (χ1) is 10.3. The molecule has 5 heteroatoms. The second-order valence-electron chi connectivity index (χ2n) is 5.43. The van der Waals surface area contributed by atoms with Crippen LogP contribution in [-0.2, 0) is 16.6 Å². The number of benzene rings is 1. The zero-order valence-electron chi connectivity index (χ0n) is 12.3. The van der Waals surface area contributed by atoms with Gasteiger partial charge >= 0.3 is 0 Å². The topological polar surface area (TPSA) is 60.2 Å². The molecule has 0 radical (unpaired) electrons. The van der Waals surface area contributed by atoms with E-state index in [1.165, 1.54) is 5.56 Å². The van der Waals surface area contributed by atoms with Gasteiger partial charge in [-0.25, -0.2) is 0 Å². The van der Waals surface area contributed by atoms with Crippen LogP contribution in [0.25, 0.3) is 0 Å². The van der Waals surface area contributed by atoms with Crippen molar-refractivity contribution in [2.24, 2.45) is 0 Å². The highest BCUT2D eigenvalue weighted by molar-refractivity contribution is 5.33. The fourth-order valence-corrected chi connectivity index (χ4v) is 2.90. The van der Waals surface area contributed by atoms with Crippen LogP contribution >= 0.6 is 0 Å². The molecule has 0 spiro atoms. The zero-order valence-corrected chi connectivity index (χ0v) is 12.3. The van der Waals surface area contributed by atoms with Crippen molar-refractivity contribution < 1.29 is 9.26 Å². The first-order valence-corrected chi connectivity index (χ1v) is 7.46. The molecule has 0 amide bonds. The number of hydrogen-bond donors (Lipinski definition) is 1. The van der Waals surface area contributed by atoms with E-state index in [2.05, 4.69) is 39.7 Å². The van der Waals surface area contributed by atoms with E-state index in [9.17, 15) is 0 Å². The van der Waals surface area contributed by atoms with Gasteiger partial charge in [-0.1, -0.05) is 35.5 Å². The molecule has 21 heavy (non-hydrogen) atoms. The Kier molecular flexibility index (Phi) is 4.31. The third kappa shape index (κ3) is 2.84. The summed E-state index contributed by atoms with van der Waals surface area (Å²) in [5, 5.41) is 7.37. The third-order valence-electron chi connectivity index (χ3n) is 4.16. The molecule has 112 valence electrons. The number of rotatable bonds is 5. The highest BCUT2D eigenvalue weighted by Crippen LogP contribution is 2.39. The molecule has 0 unspecified atom stereocenters. The highest BCUT2D eigenvalue weighted by Gasteiger charge is 2.40. The van der Waals surface area contributed by atoms with Crippen molar-refractivity contribution in [1.29, 1.82) is 0 Å². The molecule has 0 aliphatic carbocycles. The van der Waals surface area contributed by atoms with Crippen LogP contribution in [-0.4, -0.2) is 36.9 Å². The Morgan fingerprint density at radius 3 is 2.67 bits per heavy atom. The maximum Gasteiger partial charge on any atom is 0.227 e. The van der Waals surface area contributed by atoms with Crippen molar-refractivity contribution in [3.05, 3.63) is 47.6 Å². The van der Waals surface area contributed by atoms with Crippen molar-refractivity contribution in [3.63, 3.8) is 0 Å². The minimum atomic E-state index is -0.180. The predicted molar refractivity (Wildman–Crippen MR) is 79.2 cm³/mol. The Hall–Kier alpha value is -1.72. The molecule has 2 heterocycles. The zero-order chi connectivity index (χ0) is 14.5. The second-order valence-corrected chi connectivity index (χ2v) is 5.43. The molecule has 1 saturated heterocycles. The Bertz CT molecular complexity index is 562. The van der Waals surface area contributed by atoms with E-state index in [1.807, 2.05) is 13.1 Å². The SMILES string of the molecule is CNCCc1nc(C2(c3ccccc3)CCOCC2)no1. The first-order valence-electron chi connectivity index (χ1n) is 7.46. The predicted octanol–water partition coefficient (Wildman–Crippen LogP) is 1.93. The minimum Gasteiger partial charge on any atom is -0.381 e. The number of nitrogens with zero attached hydrogens (tertiary/aromatic N) is 2. The summed E-state index contributed by atoms with van der Waals surface area (Å²) in [6.07, 6.45) is 2.54. The number of likely N-dealkylation sites (N-methyl/N-ethyl adjacent to an activating group) is 1. The van der Waals surface area contributed by atoms with E-state index in [1.54, 1.807) is 0 Å². The third-order valence-corrected chi connectivity index (χ3v) is 4.16. The van der Waals surface area contributed by atoms with Gasteiger partial charge in [-0.15, -0.1) is 0 Å². The maximum atomic E-state index is 5.54. The Morgan fingerprint density at radius 2 is 1.95 bits per heavy atom. The van der Waals surface area contributed by atoms with Crippen molar-refractivity contribution in [1.82, 2.24) is 15.5 Å². The summed E-state index contributed by atoms with van der Waals surface area (Å²) in [5.41, 5.74) is 1.07. The van der Waals surface area contributed by atoms with Gasteiger partial charge in [-0.2, -0.15) is 4.98 Å². The molecular formula is C16H21N3O2. The highest BCUT2D eigenvalue weighted by atomic mass is 16.5. The molecule has 1 aromatic carbocycles. The van der Waals surface area contributed by atoms with Crippen LogP contribution < -0.4 is 5.32 Å². The van der Waals surface area contributed by atoms with Gasteiger partial charge < -0.3 is 14.6 Å². The Balaban J connectivity index is 1.94. The summed E-state index contributed by atoms with van der Waals surface area (Å²) in [6.45, 7) is 2.30. The molecular weight excluding hydrogens is 266 g/mol. The van der Waals surface area contributed by atoms with Gasteiger partial charge in [0.05, 0.1) is 5.41 Å². The summed E-state index contributed by atoms with van der Waals surface area (Å²) in [5.74, 6) is 1.49. The molecule has 1 aromatic heterocycles. The molecule has 1 aliphatic heterocycles. The molecule has 3 rings (SSSR count). The van der Waals surface area contributed by atoms with E-state index in [-0.39, 0.29) is 5.41 Å². The Morgan fingerprint density at radius 1 is 1.19 bits per heavy atom. The van der Waals surface area contributed by atoms with Gasteiger partial charge in [0.2, 0.25) is 5.89 Å². The number of hydrogen-bond acceptors (Lipinski definition) is 5. The molecule has 5 nitrogen and oxygen atoms in total. The molecule has 1 N–H and O–H groups in total. The fraction of sp³-hybridized carbons (Fsp3) is 0.500. The lowest BCUT2D eigenvalue weighted by Crippen LogP contribution is -2.36. The van der Waals surface area contributed by atoms with Gasteiger partial charge in [-0.3, -0.25) is 0 Å². The van der Waals surface area contributed by atoms with E-state index < -0.39 is 0 Å². The second kappa shape index (κ2) is 6.37. The monoisotopic (exact) mass is 287 g/mol.